The van der Waals surface area contributed by atoms with E-state index < -0.39 is 5.97 Å². The number of hydrogen-bond acceptors (Lipinski definition) is 2. The van der Waals surface area contributed by atoms with Gasteiger partial charge in [-0.25, -0.2) is 0 Å². The zero-order valence-electron chi connectivity index (χ0n) is 9.36. The maximum absolute atomic E-state index is 10.7. The Kier molecular flexibility index (Phi) is 3.93. The van der Waals surface area contributed by atoms with Gasteiger partial charge < -0.3 is 5.11 Å². The highest BCUT2D eigenvalue weighted by Gasteiger charge is 2.33. The highest BCUT2D eigenvalue weighted by atomic mass is 16.4. The van der Waals surface area contributed by atoms with Gasteiger partial charge in [-0.1, -0.05) is 27.2 Å². The summed E-state index contributed by atoms with van der Waals surface area (Å²) in [5, 5.41) is 8.80. The van der Waals surface area contributed by atoms with Crippen molar-refractivity contribution in [2.75, 3.05) is 13.1 Å². The molecule has 0 aromatic rings. The highest BCUT2D eigenvalue weighted by molar-refractivity contribution is 5.67. The second-order valence-electron chi connectivity index (χ2n) is 4.64. The molecule has 0 amide bonds. The number of hydrogen-bond donors (Lipinski definition) is 1. The van der Waals surface area contributed by atoms with Gasteiger partial charge in [0.2, 0.25) is 0 Å². The number of aliphatic carboxylic acids is 1. The maximum atomic E-state index is 10.7. The van der Waals surface area contributed by atoms with Gasteiger partial charge in [-0.2, -0.15) is 0 Å². The van der Waals surface area contributed by atoms with Crippen LogP contribution in [0.5, 0.6) is 0 Å². The average molecular weight is 199 g/mol. The number of rotatable bonds is 5. The van der Waals surface area contributed by atoms with E-state index in [4.69, 9.17) is 5.11 Å². The minimum absolute atomic E-state index is 0.232. The predicted octanol–water partition coefficient (Wildman–Crippen LogP) is 1.83. The summed E-state index contributed by atoms with van der Waals surface area (Å²) in [4.78, 5) is 13.0. The van der Waals surface area contributed by atoms with Crippen molar-refractivity contribution in [3.05, 3.63) is 0 Å². The Morgan fingerprint density at radius 1 is 1.50 bits per heavy atom. The quantitative estimate of drug-likeness (QED) is 0.734. The molecule has 0 aromatic heterocycles. The van der Waals surface area contributed by atoms with Crippen LogP contribution in [0.3, 0.4) is 0 Å². The predicted molar refractivity (Wildman–Crippen MR) is 56.2 cm³/mol. The SMILES string of the molecule is CCC1CN(C(CC(=O)O)C(C)C)C1. The second kappa shape index (κ2) is 4.78. The number of carbonyl (C=O) groups is 1. The Labute approximate surface area is 86.1 Å². The van der Waals surface area contributed by atoms with Crippen LogP contribution in [0.25, 0.3) is 0 Å². The van der Waals surface area contributed by atoms with Crippen molar-refractivity contribution in [3.8, 4) is 0 Å². The van der Waals surface area contributed by atoms with Crippen molar-refractivity contribution in [1.29, 1.82) is 0 Å². The topological polar surface area (TPSA) is 40.5 Å². The Morgan fingerprint density at radius 3 is 2.43 bits per heavy atom. The molecule has 1 fully saturated rings. The van der Waals surface area contributed by atoms with Crippen molar-refractivity contribution in [3.63, 3.8) is 0 Å². The van der Waals surface area contributed by atoms with E-state index in [1.165, 1.54) is 6.42 Å². The standard InChI is InChI=1S/C11H21NO2/c1-4-9-6-12(7-9)10(8(2)3)5-11(13)14/h8-10H,4-7H2,1-3H3,(H,13,14). The summed E-state index contributed by atoms with van der Waals surface area (Å²) < 4.78 is 0. The highest BCUT2D eigenvalue weighted by Crippen LogP contribution is 2.26. The lowest BCUT2D eigenvalue weighted by Gasteiger charge is -2.45. The van der Waals surface area contributed by atoms with Crippen molar-refractivity contribution in [2.24, 2.45) is 11.8 Å². The summed E-state index contributed by atoms with van der Waals surface area (Å²) in [6.45, 7) is 8.59. The number of likely N-dealkylation sites (tertiary alicyclic amines) is 1. The van der Waals surface area contributed by atoms with Crippen LogP contribution in [0.15, 0.2) is 0 Å². The Balaban J connectivity index is 2.41. The van der Waals surface area contributed by atoms with E-state index in [-0.39, 0.29) is 12.5 Å². The molecule has 3 nitrogen and oxygen atoms in total. The monoisotopic (exact) mass is 199 g/mol. The van der Waals surface area contributed by atoms with Crippen molar-refractivity contribution < 1.29 is 9.90 Å². The first-order valence-corrected chi connectivity index (χ1v) is 5.50. The molecule has 1 N–H and O–H groups in total. The fraction of sp³-hybridized carbons (Fsp3) is 0.909. The molecule has 1 heterocycles. The molecule has 0 spiro atoms. The molecule has 82 valence electrons. The zero-order valence-corrected chi connectivity index (χ0v) is 9.36. The van der Waals surface area contributed by atoms with Crippen LogP contribution in [0.4, 0.5) is 0 Å². The lowest BCUT2D eigenvalue weighted by Crippen LogP contribution is -2.54. The summed E-state index contributed by atoms with van der Waals surface area (Å²) in [7, 11) is 0. The van der Waals surface area contributed by atoms with E-state index in [0.717, 1.165) is 19.0 Å². The number of carboxylic acids is 1. The van der Waals surface area contributed by atoms with Crippen LogP contribution in [0, 0.1) is 11.8 Å². The molecule has 3 heteroatoms. The van der Waals surface area contributed by atoms with Crippen LogP contribution < -0.4 is 0 Å². The lowest BCUT2D eigenvalue weighted by atomic mass is 9.90. The minimum atomic E-state index is -0.677. The molecule has 14 heavy (non-hydrogen) atoms. The molecule has 1 rings (SSSR count). The molecule has 1 aliphatic heterocycles. The first-order chi connectivity index (χ1) is 6.54. The van der Waals surface area contributed by atoms with Gasteiger partial charge in [-0.3, -0.25) is 9.69 Å². The molecule has 0 aliphatic carbocycles. The molecular weight excluding hydrogens is 178 g/mol. The van der Waals surface area contributed by atoms with E-state index >= 15 is 0 Å². The van der Waals surface area contributed by atoms with Gasteiger partial charge in [0.1, 0.15) is 0 Å². The van der Waals surface area contributed by atoms with E-state index in [9.17, 15) is 4.79 Å². The molecule has 1 aliphatic rings. The molecule has 0 aromatic carbocycles. The minimum Gasteiger partial charge on any atom is -0.481 e. The fourth-order valence-electron chi connectivity index (χ4n) is 2.10. The third kappa shape index (κ3) is 2.71. The fourth-order valence-corrected chi connectivity index (χ4v) is 2.10. The summed E-state index contributed by atoms with van der Waals surface area (Å²) in [5.74, 6) is 0.553. The summed E-state index contributed by atoms with van der Waals surface area (Å²) in [5.41, 5.74) is 0. The second-order valence-corrected chi connectivity index (χ2v) is 4.64. The van der Waals surface area contributed by atoms with Gasteiger partial charge in [-0.05, 0) is 11.8 Å². The Morgan fingerprint density at radius 2 is 2.07 bits per heavy atom. The van der Waals surface area contributed by atoms with E-state index in [1.807, 2.05) is 0 Å². The molecule has 0 saturated carbocycles. The van der Waals surface area contributed by atoms with Crippen molar-refractivity contribution in [2.45, 2.75) is 39.7 Å². The van der Waals surface area contributed by atoms with Gasteiger partial charge in [0.15, 0.2) is 0 Å². The van der Waals surface area contributed by atoms with Gasteiger partial charge >= 0.3 is 5.97 Å². The van der Waals surface area contributed by atoms with Crippen molar-refractivity contribution >= 4 is 5.97 Å². The first-order valence-electron chi connectivity index (χ1n) is 5.50. The summed E-state index contributed by atoms with van der Waals surface area (Å²) in [6.07, 6.45) is 1.50. The van der Waals surface area contributed by atoms with Crippen molar-refractivity contribution in [1.82, 2.24) is 4.90 Å². The smallest absolute Gasteiger partial charge is 0.304 e. The zero-order chi connectivity index (χ0) is 10.7. The summed E-state index contributed by atoms with van der Waals surface area (Å²) >= 11 is 0. The third-order valence-electron chi connectivity index (χ3n) is 3.19. The molecule has 1 atom stereocenters. The van der Waals surface area contributed by atoms with Crippen LogP contribution >= 0.6 is 0 Å². The van der Waals surface area contributed by atoms with Gasteiger partial charge in [0.25, 0.3) is 0 Å². The molecule has 1 unspecified atom stereocenters. The molecule has 0 bridgehead atoms. The molecule has 1 saturated heterocycles. The van der Waals surface area contributed by atoms with Gasteiger partial charge in [0, 0.05) is 19.1 Å². The van der Waals surface area contributed by atoms with Gasteiger partial charge in [0.05, 0.1) is 6.42 Å². The Hall–Kier alpha value is -0.570. The normalized spacial score (nSPS) is 20.9. The van der Waals surface area contributed by atoms with E-state index in [2.05, 4.69) is 25.7 Å². The average Bonchev–Trinajstić information content (AvgIpc) is 1.99. The largest absolute Gasteiger partial charge is 0.481 e. The Bertz CT molecular complexity index is 197. The lowest BCUT2D eigenvalue weighted by molar-refractivity contribution is -0.139. The summed E-state index contributed by atoms with van der Waals surface area (Å²) in [6, 6.07) is 0.232. The number of carboxylic acid groups (broad SMARTS) is 1. The molecule has 0 radical (unpaired) electrons. The third-order valence-corrected chi connectivity index (χ3v) is 3.19. The molecular formula is C11H21NO2. The number of nitrogens with zero attached hydrogens (tertiary/aromatic N) is 1. The van der Waals surface area contributed by atoms with Crippen LogP contribution in [0.1, 0.15) is 33.6 Å². The first kappa shape index (κ1) is 11.5. The van der Waals surface area contributed by atoms with E-state index in [1.54, 1.807) is 0 Å². The van der Waals surface area contributed by atoms with E-state index in [0.29, 0.717) is 5.92 Å². The van der Waals surface area contributed by atoms with Crippen LogP contribution in [0.2, 0.25) is 0 Å². The van der Waals surface area contributed by atoms with Gasteiger partial charge in [-0.15, -0.1) is 0 Å². The van der Waals surface area contributed by atoms with Crippen LogP contribution in [-0.2, 0) is 4.79 Å². The van der Waals surface area contributed by atoms with Crippen LogP contribution in [-0.4, -0.2) is 35.1 Å². The maximum Gasteiger partial charge on any atom is 0.304 e.